The molecule has 0 aliphatic heterocycles. The number of aromatic nitrogens is 2. The fourth-order valence-electron chi connectivity index (χ4n) is 2.51. The number of hydrogen-bond acceptors (Lipinski definition) is 6. The Morgan fingerprint density at radius 2 is 2.00 bits per heavy atom. The van der Waals surface area contributed by atoms with Crippen LogP contribution in [-0.2, 0) is 6.54 Å². The zero-order valence-electron chi connectivity index (χ0n) is 12.3. The van der Waals surface area contributed by atoms with E-state index in [2.05, 4.69) is 25.9 Å². The van der Waals surface area contributed by atoms with Crippen LogP contribution in [0, 0.1) is 0 Å². The minimum Gasteiger partial charge on any atom is -0.449 e. The lowest BCUT2D eigenvalue weighted by molar-refractivity contribution is 0.153. The van der Waals surface area contributed by atoms with Gasteiger partial charge in [-0.05, 0) is 18.2 Å². The molecule has 23 heavy (non-hydrogen) atoms. The summed E-state index contributed by atoms with van der Waals surface area (Å²) in [5.74, 6) is 0.465. The second kappa shape index (κ2) is 6.79. The molecule has 0 saturated carbocycles. The molecule has 0 fully saturated rings. The van der Waals surface area contributed by atoms with E-state index in [-0.39, 0.29) is 24.4 Å². The first-order valence-corrected chi connectivity index (χ1v) is 7.96. The third-order valence-corrected chi connectivity index (χ3v) is 4.03. The molecule has 0 spiro atoms. The molecule has 122 valence electrons. The van der Waals surface area contributed by atoms with Crippen LogP contribution in [0.1, 0.15) is 5.82 Å². The predicted molar refractivity (Wildman–Crippen MR) is 89.3 cm³/mol. The van der Waals surface area contributed by atoms with Crippen LogP contribution in [0.2, 0.25) is 0 Å². The van der Waals surface area contributed by atoms with E-state index in [1.807, 2.05) is 17.0 Å². The zero-order chi connectivity index (χ0) is 16.4. The Kier molecular flexibility index (Phi) is 4.76. The van der Waals surface area contributed by atoms with Crippen molar-refractivity contribution in [1.29, 1.82) is 0 Å². The topological polar surface area (TPSA) is 103 Å². The van der Waals surface area contributed by atoms with E-state index >= 15 is 0 Å². The van der Waals surface area contributed by atoms with Gasteiger partial charge in [0.1, 0.15) is 16.9 Å². The van der Waals surface area contributed by atoms with Crippen LogP contribution in [0.25, 0.3) is 22.1 Å². The molecule has 3 N–H and O–H groups in total. The maximum Gasteiger partial charge on any atom is 0.294 e. The van der Waals surface area contributed by atoms with Gasteiger partial charge in [-0.2, -0.15) is 0 Å². The molecule has 3 rings (SSSR count). The van der Waals surface area contributed by atoms with Crippen molar-refractivity contribution < 1.29 is 14.6 Å². The molecule has 0 atom stereocenters. The van der Waals surface area contributed by atoms with Crippen LogP contribution >= 0.6 is 15.9 Å². The molecule has 1 aromatic carbocycles. The van der Waals surface area contributed by atoms with Crippen molar-refractivity contribution in [1.82, 2.24) is 14.9 Å². The maximum atomic E-state index is 12.2. The fraction of sp³-hybridized carbons (Fsp3) is 0.333. The van der Waals surface area contributed by atoms with Gasteiger partial charge in [-0.25, -0.2) is 4.98 Å². The molecule has 0 aliphatic rings. The number of benzene rings is 1. The fourth-order valence-corrected chi connectivity index (χ4v) is 2.87. The number of rotatable bonds is 6. The summed E-state index contributed by atoms with van der Waals surface area (Å²) in [6.45, 7) is 1.04. The van der Waals surface area contributed by atoms with Gasteiger partial charge in [0.15, 0.2) is 0 Å². The number of aliphatic hydroxyl groups is 2. The standard InChI is InChI=1S/C15H16BrN3O4/c16-9-1-2-11-10(7-9)13-14(23-11)15(22)18-12(17-13)8-19(3-5-20)4-6-21/h1-2,7,20-21H,3-6,8H2,(H,17,18,22). The first-order valence-electron chi connectivity index (χ1n) is 7.17. The Bertz CT molecular complexity index is 883. The van der Waals surface area contributed by atoms with Gasteiger partial charge in [0, 0.05) is 22.9 Å². The van der Waals surface area contributed by atoms with Gasteiger partial charge in [-0.1, -0.05) is 15.9 Å². The summed E-state index contributed by atoms with van der Waals surface area (Å²) in [4.78, 5) is 21.2. The minimum atomic E-state index is -0.342. The molecule has 0 bridgehead atoms. The molecule has 0 unspecified atom stereocenters. The van der Waals surface area contributed by atoms with Gasteiger partial charge in [0.25, 0.3) is 5.56 Å². The summed E-state index contributed by atoms with van der Waals surface area (Å²) in [7, 11) is 0. The molecular formula is C15H16BrN3O4. The Labute approximate surface area is 139 Å². The normalized spacial score (nSPS) is 11.8. The Morgan fingerprint density at radius 3 is 2.70 bits per heavy atom. The molecule has 0 aliphatic carbocycles. The second-order valence-corrected chi connectivity index (χ2v) is 6.07. The third kappa shape index (κ3) is 3.30. The van der Waals surface area contributed by atoms with Gasteiger partial charge >= 0.3 is 0 Å². The van der Waals surface area contributed by atoms with Crippen LogP contribution in [0.5, 0.6) is 0 Å². The summed E-state index contributed by atoms with van der Waals surface area (Å²) in [5.41, 5.74) is 0.955. The zero-order valence-corrected chi connectivity index (χ0v) is 13.8. The highest BCUT2D eigenvalue weighted by atomic mass is 79.9. The first-order chi connectivity index (χ1) is 11.1. The monoisotopic (exact) mass is 381 g/mol. The lowest BCUT2D eigenvalue weighted by atomic mass is 10.2. The summed E-state index contributed by atoms with van der Waals surface area (Å²) in [5, 5.41) is 18.9. The Balaban J connectivity index is 2.07. The number of H-pyrrole nitrogens is 1. The van der Waals surface area contributed by atoms with Gasteiger partial charge in [-0.15, -0.1) is 0 Å². The van der Waals surface area contributed by atoms with Crippen molar-refractivity contribution in [3.8, 4) is 0 Å². The molecule has 0 amide bonds. The lowest BCUT2D eigenvalue weighted by Crippen LogP contribution is -2.31. The molecule has 0 saturated heterocycles. The largest absolute Gasteiger partial charge is 0.449 e. The van der Waals surface area contributed by atoms with Crippen molar-refractivity contribution >= 4 is 38.0 Å². The number of aromatic amines is 1. The van der Waals surface area contributed by atoms with Gasteiger partial charge in [-0.3, -0.25) is 9.69 Å². The summed E-state index contributed by atoms with van der Waals surface area (Å²) >= 11 is 3.40. The molecular weight excluding hydrogens is 366 g/mol. The van der Waals surface area contributed by atoms with Crippen LogP contribution in [0.3, 0.4) is 0 Å². The van der Waals surface area contributed by atoms with Crippen molar-refractivity contribution in [3.05, 3.63) is 38.9 Å². The molecule has 7 nitrogen and oxygen atoms in total. The highest BCUT2D eigenvalue weighted by Gasteiger charge is 2.15. The lowest BCUT2D eigenvalue weighted by Gasteiger charge is -2.19. The van der Waals surface area contributed by atoms with Gasteiger partial charge in [0.05, 0.1) is 19.8 Å². The van der Waals surface area contributed by atoms with Crippen LogP contribution in [-0.4, -0.2) is 51.4 Å². The highest BCUT2D eigenvalue weighted by Crippen LogP contribution is 2.27. The maximum absolute atomic E-state index is 12.2. The third-order valence-electron chi connectivity index (χ3n) is 3.54. The highest BCUT2D eigenvalue weighted by molar-refractivity contribution is 9.10. The number of furan rings is 1. The average molecular weight is 382 g/mol. The molecule has 3 aromatic rings. The number of fused-ring (bicyclic) bond motifs is 3. The van der Waals surface area contributed by atoms with E-state index in [1.165, 1.54) is 0 Å². The number of aliphatic hydroxyl groups excluding tert-OH is 2. The van der Waals surface area contributed by atoms with Crippen molar-refractivity contribution in [3.63, 3.8) is 0 Å². The van der Waals surface area contributed by atoms with Crippen LogP contribution in [0.4, 0.5) is 0 Å². The van der Waals surface area contributed by atoms with E-state index in [4.69, 9.17) is 14.6 Å². The number of hydrogen-bond donors (Lipinski definition) is 3. The van der Waals surface area contributed by atoms with E-state index in [0.29, 0.717) is 36.6 Å². The van der Waals surface area contributed by atoms with E-state index < -0.39 is 0 Å². The van der Waals surface area contributed by atoms with E-state index in [0.717, 1.165) is 9.86 Å². The molecule has 8 heteroatoms. The quantitative estimate of drug-likeness (QED) is 0.593. The van der Waals surface area contributed by atoms with Crippen LogP contribution < -0.4 is 5.56 Å². The summed E-state index contributed by atoms with van der Waals surface area (Å²) in [6.07, 6.45) is 0. The number of nitrogens with zero attached hydrogens (tertiary/aromatic N) is 2. The van der Waals surface area contributed by atoms with E-state index in [1.54, 1.807) is 6.07 Å². The van der Waals surface area contributed by atoms with E-state index in [9.17, 15) is 4.79 Å². The van der Waals surface area contributed by atoms with Crippen molar-refractivity contribution in [2.24, 2.45) is 0 Å². The minimum absolute atomic E-state index is 0.0337. The van der Waals surface area contributed by atoms with Gasteiger partial charge < -0.3 is 19.6 Å². The van der Waals surface area contributed by atoms with Gasteiger partial charge in [0.2, 0.25) is 5.58 Å². The Hall–Kier alpha value is -1.74. The van der Waals surface area contributed by atoms with Crippen molar-refractivity contribution in [2.75, 3.05) is 26.3 Å². The molecule has 2 heterocycles. The number of halogens is 1. The summed E-state index contributed by atoms with van der Waals surface area (Å²) < 4.78 is 6.45. The Morgan fingerprint density at radius 1 is 1.26 bits per heavy atom. The first kappa shape index (κ1) is 16.1. The van der Waals surface area contributed by atoms with Crippen molar-refractivity contribution in [2.45, 2.75) is 6.54 Å². The second-order valence-electron chi connectivity index (χ2n) is 5.16. The smallest absolute Gasteiger partial charge is 0.294 e. The average Bonchev–Trinajstić information content (AvgIpc) is 2.87. The molecule has 0 radical (unpaired) electrons. The number of nitrogens with one attached hydrogen (secondary N) is 1. The SMILES string of the molecule is O=c1[nH]c(CN(CCO)CCO)nc2c1oc1ccc(Br)cc12. The predicted octanol–water partition coefficient (Wildman–Crippen LogP) is 1.22. The van der Waals surface area contributed by atoms with Crippen LogP contribution in [0.15, 0.2) is 31.9 Å². The molecule has 2 aromatic heterocycles. The summed E-state index contributed by atoms with van der Waals surface area (Å²) in [6, 6.07) is 5.48.